The highest BCUT2D eigenvalue weighted by Crippen LogP contribution is 2.23. The van der Waals surface area contributed by atoms with Crippen LogP contribution in [0.5, 0.6) is 0 Å². The normalized spacial score (nSPS) is 11.3. The fourth-order valence-electron chi connectivity index (χ4n) is 2.24. The van der Waals surface area contributed by atoms with Crippen molar-refractivity contribution in [2.45, 2.75) is 46.0 Å². The van der Waals surface area contributed by atoms with Crippen molar-refractivity contribution >= 4 is 27.4 Å². The summed E-state index contributed by atoms with van der Waals surface area (Å²) in [5.74, 6) is 0.783. The third-order valence-corrected chi connectivity index (χ3v) is 3.68. The van der Waals surface area contributed by atoms with Gasteiger partial charge in [-0.3, -0.25) is 4.40 Å². The number of hydrogen-bond acceptors (Lipinski definition) is 2. The second kappa shape index (κ2) is 5.74. The van der Waals surface area contributed by atoms with Crippen molar-refractivity contribution in [1.29, 1.82) is 0 Å². The monoisotopic (exact) mass is 309 g/mol. The van der Waals surface area contributed by atoms with Gasteiger partial charge in [-0.15, -0.1) is 0 Å². The van der Waals surface area contributed by atoms with E-state index in [4.69, 9.17) is 5.73 Å². The number of nitrogen functional groups attached to an aromatic ring is 1. The van der Waals surface area contributed by atoms with Crippen LogP contribution in [0.3, 0.4) is 0 Å². The summed E-state index contributed by atoms with van der Waals surface area (Å²) in [6.45, 7) is 4.29. The predicted octanol–water partition coefficient (Wildman–Crippen LogP) is 4.11. The van der Waals surface area contributed by atoms with Gasteiger partial charge >= 0.3 is 0 Å². The molecule has 0 aliphatic heterocycles. The number of anilines is 1. The summed E-state index contributed by atoms with van der Waals surface area (Å²) in [6, 6.07) is 2.07. The summed E-state index contributed by atoms with van der Waals surface area (Å²) in [7, 11) is 0. The van der Waals surface area contributed by atoms with Crippen LogP contribution in [0, 0.1) is 6.92 Å². The van der Waals surface area contributed by atoms with Gasteiger partial charge in [0.25, 0.3) is 0 Å². The van der Waals surface area contributed by atoms with Gasteiger partial charge in [0.15, 0.2) is 0 Å². The Morgan fingerprint density at radius 1 is 1.33 bits per heavy atom. The number of aryl methyl sites for hydroxylation is 2. The molecular formula is C14H20BrN3. The molecular weight excluding hydrogens is 290 g/mol. The highest BCUT2D eigenvalue weighted by molar-refractivity contribution is 9.10. The average molecular weight is 310 g/mol. The summed E-state index contributed by atoms with van der Waals surface area (Å²) >= 11 is 3.50. The molecule has 4 heteroatoms. The molecule has 0 saturated heterocycles. The lowest BCUT2D eigenvalue weighted by atomic mass is 10.1. The molecule has 2 heterocycles. The fourth-order valence-corrected chi connectivity index (χ4v) is 2.78. The number of unbranched alkanes of at least 4 members (excludes halogenated alkanes) is 3. The molecule has 0 unspecified atom stereocenters. The highest BCUT2D eigenvalue weighted by atomic mass is 79.9. The van der Waals surface area contributed by atoms with Gasteiger partial charge in [-0.1, -0.05) is 26.2 Å². The van der Waals surface area contributed by atoms with Gasteiger partial charge in [0.05, 0.1) is 5.69 Å². The number of nitrogens with zero attached hydrogens (tertiary/aromatic N) is 2. The van der Waals surface area contributed by atoms with E-state index in [-0.39, 0.29) is 0 Å². The number of imidazole rings is 1. The van der Waals surface area contributed by atoms with Crippen LogP contribution in [0.15, 0.2) is 16.7 Å². The molecule has 98 valence electrons. The van der Waals surface area contributed by atoms with Gasteiger partial charge in [0.2, 0.25) is 0 Å². The Balaban J connectivity index is 2.24. The smallest absolute Gasteiger partial charge is 0.141 e. The van der Waals surface area contributed by atoms with E-state index >= 15 is 0 Å². The Bertz CT molecular complexity index is 545. The number of rotatable bonds is 5. The maximum absolute atomic E-state index is 6.17. The first-order chi connectivity index (χ1) is 8.63. The Hall–Kier alpha value is -1.03. The molecule has 0 atom stereocenters. The molecule has 0 fully saturated rings. The van der Waals surface area contributed by atoms with Crippen molar-refractivity contribution in [2.24, 2.45) is 0 Å². The molecule has 2 N–H and O–H groups in total. The second-order valence-corrected chi connectivity index (χ2v) is 5.71. The SMILES string of the molecule is CCCCCCc1nc2c(C)cc(Br)cn2c1N. The van der Waals surface area contributed by atoms with E-state index < -0.39 is 0 Å². The van der Waals surface area contributed by atoms with Crippen LogP contribution in [-0.4, -0.2) is 9.38 Å². The first-order valence-electron chi connectivity index (χ1n) is 6.56. The number of nitrogens with two attached hydrogens (primary N) is 1. The quantitative estimate of drug-likeness (QED) is 0.845. The van der Waals surface area contributed by atoms with E-state index in [1.165, 1.54) is 25.7 Å². The van der Waals surface area contributed by atoms with Crippen LogP contribution >= 0.6 is 15.9 Å². The topological polar surface area (TPSA) is 43.3 Å². The van der Waals surface area contributed by atoms with Crippen LogP contribution in [0.2, 0.25) is 0 Å². The number of pyridine rings is 1. The Morgan fingerprint density at radius 2 is 2.11 bits per heavy atom. The number of fused-ring (bicyclic) bond motifs is 1. The Kier molecular flexibility index (Phi) is 4.27. The van der Waals surface area contributed by atoms with Gasteiger partial charge in [0.1, 0.15) is 11.5 Å². The maximum atomic E-state index is 6.17. The predicted molar refractivity (Wildman–Crippen MR) is 79.9 cm³/mol. The minimum absolute atomic E-state index is 0.783. The van der Waals surface area contributed by atoms with E-state index in [0.717, 1.165) is 33.6 Å². The van der Waals surface area contributed by atoms with Crippen LogP contribution in [-0.2, 0) is 6.42 Å². The van der Waals surface area contributed by atoms with Crippen LogP contribution in [0.25, 0.3) is 5.65 Å². The molecule has 18 heavy (non-hydrogen) atoms. The first kappa shape index (κ1) is 13.4. The first-order valence-corrected chi connectivity index (χ1v) is 7.35. The van der Waals surface area contributed by atoms with Crippen molar-refractivity contribution in [3.63, 3.8) is 0 Å². The zero-order valence-corrected chi connectivity index (χ0v) is 12.6. The van der Waals surface area contributed by atoms with Crippen molar-refractivity contribution in [3.8, 4) is 0 Å². The van der Waals surface area contributed by atoms with Gasteiger partial charge in [0, 0.05) is 10.7 Å². The van der Waals surface area contributed by atoms with Gasteiger partial charge in [-0.2, -0.15) is 0 Å². The lowest BCUT2D eigenvalue weighted by molar-refractivity contribution is 0.663. The molecule has 0 aliphatic carbocycles. The molecule has 0 spiro atoms. The number of aromatic nitrogens is 2. The second-order valence-electron chi connectivity index (χ2n) is 4.79. The summed E-state index contributed by atoms with van der Waals surface area (Å²) in [5.41, 5.74) is 9.33. The molecule has 2 aromatic heterocycles. The molecule has 2 aromatic rings. The van der Waals surface area contributed by atoms with Gasteiger partial charge in [-0.25, -0.2) is 4.98 Å². The van der Waals surface area contributed by atoms with E-state index in [0.29, 0.717) is 0 Å². The molecule has 0 bridgehead atoms. The molecule has 3 nitrogen and oxygen atoms in total. The zero-order valence-electron chi connectivity index (χ0n) is 11.0. The summed E-state index contributed by atoms with van der Waals surface area (Å²) in [5, 5.41) is 0. The molecule has 0 amide bonds. The number of hydrogen-bond donors (Lipinski definition) is 1. The standard InChI is InChI=1S/C14H20BrN3/c1-3-4-5-6-7-12-13(16)18-9-11(15)8-10(2)14(18)17-12/h8-9H,3-7,16H2,1-2H3. The average Bonchev–Trinajstić information content (AvgIpc) is 2.63. The molecule has 0 saturated carbocycles. The molecule has 0 radical (unpaired) electrons. The van der Waals surface area contributed by atoms with Gasteiger partial charge < -0.3 is 5.73 Å². The molecule has 0 aliphatic rings. The summed E-state index contributed by atoms with van der Waals surface area (Å²) in [6.07, 6.45) is 7.93. The molecule has 2 rings (SSSR count). The van der Waals surface area contributed by atoms with Crippen molar-refractivity contribution < 1.29 is 0 Å². The summed E-state index contributed by atoms with van der Waals surface area (Å²) < 4.78 is 3.02. The highest BCUT2D eigenvalue weighted by Gasteiger charge is 2.11. The van der Waals surface area contributed by atoms with E-state index in [2.05, 4.69) is 40.8 Å². The number of halogens is 1. The van der Waals surface area contributed by atoms with Gasteiger partial charge in [-0.05, 0) is 47.3 Å². The Labute approximate surface area is 117 Å². The lowest BCUT2D eigenvalue weighted by Crippen LogP contribution is -1.97. The fraction of sp³-hybridized carbons (Fsp3) is 0.500. The van der Waals surface area contributed by atoms with Crippen LogP contribution in [0.1, 0.15) is 43.9 Å². The maximum Gasteiger partial charge on any atom is 0.141 e. The summed E-state index contributed by atoms with van der Waals surface area (Å²) in [4.78, 5) is 4.67. The van der Waals surface area contributed by atoms with Crippen LogP contribution in [0.4, 0.5) is 5.82 Å². The zero-order chi connectivity index (χ0) is 13.1. The van der Waals surface area contributed by atoms with E-state index in [1.54, 1.807) is 0 Å². The minimum atomic E-state index is 0.783. The third-order valence-electron chi connectivity index (χ3n) is 3.25. The van der Waals surface area contributed by atoms with E-state index in [9.17, 15) is 0 Å². The largest absolute Gasteiger partial charge is 0.383 e. The van der Waals surface area contributed by atoms with Crippen molar-refractivity contribution in [2.75, 3.05) is 5.73 Å². The van der Waals surface area contributed by atoms with Crippen LogP contribution < -0.4 is 5.73 Å². The third kappa shape index (κ3) is 2.69. The lowest BCUT2D eigenvalue weighted by Gasteiger charge is -2.01. The van der Waals surface area contributed by atoms with E-state index in [1.807, 2.05) is 10.6 Å². The Morgan fingerprint density at radius 3 is 2.83 bits per heavy atom. The minimum Gasteiger partial charge on any atom is -0.383 e. The van der Waals surface area contributed by atoms with Crippen molar-refractivity contribution in [3.05, 3.63) is 28.0 Å². The van der Waals surface area contributed by atoms with Crippen molar-refractivity contribution in [1.82, 2.24) is 9.38 Å². The molecule has 0 aromatic carbocycles.